The summed E-state index contributed by atoms with van der Waals surface area (Å²) >= 11 is 0. The first-order valence-electron chi connectivity index (χ1n) is 11.9. The Labute approximate surface area is 215 Å². The van der Waals surface area contributed by atoms with Crippen LogP contribution in [0, 0.1) is 6.92 Å². The third-order valence-corrected chi connectivity index (χ3v) is 5.77. The minimum Gasteiger partial charge on any atom is -0.372 e. The smallest absolute Gasteiger partial charge is 0.287 e. The van der Waals surface area contributed by atoms with Crippen molar-refractivity contribution in [1.29, 1.82) is 0 Å². The lowest BCUT2D eigenvalue weighted by Crippen LogP contribution is -2.47. The number of nitrogens with one attached hydrogen (secondary N) is 1. The summed E-state index contributed by atoms with van der Waals surface area (Å²) in [5, 5.41) is 7.12. The molecule has 0 aliphatic rings. The van der Waals surface area contributed by atoms with Gasteiger partial charge >= 0.3 is 0 Å². The molecular weight excluding hydrogens is 468 g/mol. The number of ether oxygens (including phenoxy) is 1. The lowest BCUT2D eigenvalue weighted by Gasteiger charge is -2.17. The average Bonchev–Trinajstić information content (AvgIpc) is 3.31. The number of primary amides is 1. The largest absolute Gasteiger partial charge is 0.372 e. The summed E-state index contributed by atoms with van der Waals surface area (Å²) in [4.78, 5) is 37.3. The van der Waals surface area contributed by atoms with Crippen LogP contribution >= 0.6 is 0 Å². The summed E-state index contributed by atoms with van der Waals surface area (Å²) in [6, 6.07) is 27.1. The number of carbonyl (C=O) groups is 3. The SMILES string of the molecule is Cc1cc(C(=O)NC(Cc2ccccc2)C(=O)C(N)=O)n(-c2ccc(COCc3ccccc3)cc2)n1. The predicted molar refractivity (Wildman–Crippen MR) is 139 cm³/mol. The van der Waals surface area contributed by atoms with E-state index in [0.717, 1.165) is 16.7 Å². The minimum absolute atomic E-state index is 0.138. The Hall–Kier alpha value is -4.56. The van der Waals surface area contributed by atoms with Gasteiger partial charge in [0.2, 0.25) is 5.78 Å². The van der Waals surface area contributed by atoms with Crippen LogP contribution in [0.25, 0.3) is 5.69 Å². The van der Waals surface area contributed by atoms with Gasteiger partial charge in [0.15, 0.2) is 0 Å². The quantitative estimate of drug-likeness (QED) is 0.309. The van der Waals surface area contributed by atoms with Crippen LogP contribution in [0.1, 0.15) is 32.9 Å². The lowest BCUT2D eigenvalue weighted by molar-refractivity contribution is -0.137. The zero-order chi connectivity index (χ0) is 26.2. The number of Topliss-reactive ketones (excluding diaryl/α,β-unsaturated/α-hetero) is 1. The van der Waals surface area contributed by atoms with Gasteiger partial charge in [-0.05, 0) is 41.8 Å². The molecule has 1 aromatic heterocycles. The summed E-state index contributed by atoms with van der Waals surface area (Å²) in [5.74, 6) is -2.50. The molecule has 0 aliphatic carbocycles. The Kier molecular flexibility index (Phi) is 8.22. The fourth-order valence-electron chi connectivity index (χ4n) is 3.92. The Morgan fingerprint density at radius 2 is 1.43 bits per heavy atom. The number of benzene rings is 3. The number of hydrogen-bond acceptors (Lipinski definition) is 5. The van der Waals surface area contributed by atoms with Gasteiger partial charge in [-0.3, -0.25) is 14.4 Å². The van der Waals surface area contributed by atoms with E-state index >= 15 is 0 Å². The number of ketones is 1. The Morgan fingerprint density at radius 1 is 0.865 bits per heavy atom. The number of nitrogens with two attached hydrogens (primary N) is 1. The molecule has 0 bridgehead atoms. The highest BCUT2D eigenvalue weighted by molar-refractivity contribution is 6.38. The van der Waals surface area contributed by atoms with Crippen LogP contribution in [-0.4, -0.2) is 33.4 Å². The van der Waals surface area contributed by atoms with E-state index < -0.39 is 23.6 Å². The van der Waals surface area contributed by atoms with Crippen LogP contribution in [-0.2, 0) is 34.0 Å². The van der Waals surface area contributed by atoms with Crippen molar-refractivity contribution in [2.24, 2.45) is 5.73 Å². The second kappa shape index (κ2) is 11.9. The molecule has 4 rings (SSSR count). The van der Waals surface area contributed by atoms with E-state index in [1.807, 2.05) is 84.9 Å². The van der Waals surface area contributed by atoms with Crippen LogP contribution < -0.4 is 11.1 Å². The van der Waals surface area contributed by atoms with Crippen molar-refractivity contribution in [2.45, 2.75) is 32.6 Å². The number of rotatable bonds is 11. The molecule has 2 amide bonds. The molecule has 4 aromatic rings. The highest BCUT2D eigenvalue weighted by Gasteiger charge is 2.27. The Balaban J connectivity index is 1.47. The van der Waals surface area contributed by atoms with Crippen molar-refractivity contribution in [3.63, 3.8) is 0 Å². The summed E-state index contributed by atoms with van der Waals surface area (Å²) < 4.78 is 7.30. The fourth-order valence-corrected chi connectivity index (χ4v) is 3.92. The third kappa shape index (κ3) is 6.77. The van der Waals surface area contributed by atoms with E-state index in [-0.39, 0.29) is 12.1 Å². The molecular formula is C29H28N4O4. The highest BCUT2D eigenvalue weighted by atomic mass is 16.5. The van der Waals surface area contributed by atoms with Crippen molar-refractivity contribution in [3.05, 3.63) is 119 Å². The van der Waals surface area contributed by atoms with Crippen molar-refractivity contribution in [2.75, 3.05) is 0 Å². The predicted octanol–water partition coefficient (Wildman–Crippen LogP) is 3.29. The molecule has 0 saturated carbocycles. The molecule has 0 fully saturated rings. The normalized spacial score (nSPS) is 11.6. The molecule has 1 heterocycles. The van der Waals surface area contributed by atoms with Gasteiger partial charge in [-0.25, -0.2) is 4.68 Å². The van der Waals surface area contributed by atoms with Gasteiger partial charge in [-0.15, -0.1) is 0 Å². The van der Waals surface area contributed by atoms with E-state index in [1.165, 1.54) is 4.68 Å². The topological polar surface area (TPSA) is 116 Å². The molecule has 0 aliphatic heterocycles. The molecule has 1 unspecified atom stereocenters. The summed E-state index contributed by atoms with van der Waals surface area (Å²) in [7, 11) is 0. The maximum Gasteiger partial charge on any atom is 0.287 e. The first-order chi connectivity index (χ1) is 17.9. The average molecular weight is 497 g/mol. The Morgan fingerprint density at radius 3 is 2.03 bits per heavy atom. The molecule has 0 radical (unpaired) electrons. The van der Waals surface area contributed by atoms with Crippen molar-refractivity contribution in [3.8, 4) is 5.69 Å². The van der Waals surface area contributed by atoms with Crippen molar-refractivity contribution < 1.29 is 19.1 Å². The molecule has 188 valence electrons. The number of hydrogen-bond donors (Lipinski definition) is 2. The number of carbonyl (C=O) groups excluding carboxylic acids is 3. The third-order valence-electron chi connectivity index (χ3n) is 5.77. The van der Waals surface area contributed by atoms with Gasteiger partial charge in [0.05, 0.1) is 24.6 Å². The highest BCUT2D eigenvalue weighted by Crippen LogP contribution is 2.16. The number of aromatic nitrogens is 2. The summed E-state index contributed by atoms with van der Waals surface area (Å²) in [6.07, 6.45) is 0.138. The van der Waals surface area contributed by atoms with Crippen LogP contribution in [0.4, 0.5) is 0 Å². The first-order valence-corrected chi connectivity index (χ1v) is 11.9. The van der Waals surface area contributed by atoms with Gasteiger partial charge in [0.25, 0.3) is 11.8 Å². The van der Waals surface area contributed by atoms with E-state index in [0.29, 0.717) is 24.6 Å². The number of amides is 2. The lowest BCUT2D eigenvalue weighted by atomic mass is 10.0. The summed E-state index contributed by atoms with van der Waals surface area (Å²) in [5.41, 5.74) is 9.64. The molecule has 1 atom stereocenters. The van der Waals surface area contributed by atoms with Crippen LogP contribution in [0.5, 0.6) is 0 Å². The number of aryl methyl sites for hydroxylation is 1. The fraction of sp³-hybridized carbons (Fsp3) is 0.172. The van der Waals surface area contributed by atoms with Crippen LogP contribution in [0.2, 0.25) is 0 Å². The molecule has 3 aromatic carbocycles. The Bertz CT molecular complexity index is 1370. The monoisotopic (exact) mass is 496 g/mol. The molecule has 0 spiro atoms. The van der Waals surface area contributed by atoms with Gasteiger partial charge in [0.1, 0.15) is 11.7 Å². The van der Waals surface area contributed by atoms with E-state index in [4.69, 9.17) is 10.5 Å². The van der Waals surface area contributed by atoms with Crippen molar-refractivity contribution >= 4 is 17.6 Å². The van der Waals surface area contributed by atoms with Crippen molar-refractivity contribution in [1.82, 2.24) is 15.1 Å². The molecule has 8 heteroatoms. The first kappa shape index (κ1) is 25.5. The van der Waals surface area contributed by atoms with Crippen LogP contribution in [0.3, 0.4) is 0 Å². The zero-order valence-corrected chi connectivity index (χ0v) is 20.5. The second-order valence-corrected chi connectivity index (χ2v) is 8.67. The molecule has 37 heavy (non-hydrogen) atoms. The zero-order valence-electron chi connectivity index (χ0n) is 20.5. The second-order valence-electron chi connectivity index (χ2n) is 8.67. The standard InChI is InChI=1S/C29H28N4O4/c1-20-16-26(29(36)31-25(27(34)28(30)35)17-21-8-4-2-5-9-21)33(32-20)24-14-12-23(13-15-24)19-37-18-22-10-6-3-7-11-22/h2-16,25H,17-19H2,1H3,(H2,30,35)(H,31,36). The molecule has 3 N–H and O–H groups in total. The van der Waals surface area contributed by atoms with E-state index in [1.54, 1.807) is 13.0 Å². The molecule has 0 saturated heterocycles. The van der Waals surface area contributed by atoms with E-state index in [9.17, 15) is 14.4 Å². The maximum absolute atomic E-state index is 13.2. The van der Waals surface area contributed by atoms with Gasteiger partial charge < -0.3 is 15.8 Å². The molecule has 8 nitrogen and oxygen atoms in total. The van der Waals surface area contributed by atoms with Gasteiger partial charge in [-0.2, -0.15) is 5.10 Å². The maximum atomic E-state index is 13.2. The van der Waals surface area contributed by atoms with E-state index in [2.05, 4.69) is 10.4 Å². The van der Waals surface area contributed by atoms with Gasteiger partial charge in [0, 0.05) is 6.42 Å². The van der Waals surface area contributed by atoms with Crippen LogP contribution in [0.15, 0.2) is 91.0 Å². The minimum atomic E-state index is -1.10. The number of nitrogens with zero attached hydrogens (tertiary/aromatic N) is 2. The van der Waals surface area contributed by atoms with Gasteiger partial charge in [-0.1, -0.05) is 72.8 Å². The summed E-state index contributed by atoms with van der Waals surface area (Å²) in [6.45, 7) is 2.73.